The minimum Gasteiger partial charge on any atom is -0.348 e. The van der Waals surface area contributed by atoms with Crippen molar-refractivity contribution in [1.82, 2.24) is 5.32 Å². The van der Waals surface area contributed by atoms with E-state index in [1.165, 1.54) is 30.3 Å². The fraction of sp³-hybridized carbons (Fsp3) is 0.174. The van der Waals surface area contributed by atoms with Gasteiger partial charge in [-0.15, -0.1) is 0 Å². The van der Waals surface area contributed by atoms with Gasteiger partial charge in [-0.05, 0) is 48.9 Å². The van der Waals surface area contributed by atoms with Crippen LogP contribution in [0.3, 0.4) is 0 Å². The molecule has 0 saturated heterocycles. The van der Waals surface area contributed by atoms with E-state index in [2.05, 4.69) is 5.32 Å². The number of sulfonamides is 1. The summed E-state index contributed by atoms with van der Waals surface area (Å²) < 4.78 is 50.9. The van der Waals surface area contributed by atoms with Crippen LogP contribution in [-0.2, 0) is 24.7 Å². The van der Waals surface area contributed by atoms with Gasteiger partial charge in [-0.25, -0.2) is 16.8 Å². The monoisotopic (exact) mass is 506 g/mol. The predicted octanol–water partition coefficient (Wildman–Crippen LogP) is 3.82. The number of rotatable bonds is 8. The molecule has 3 rings (SSSR count). The lowest BCUT2D eigenvalue weighted by Gasteiger charge is -2.26. The third-order valence-electron chi connectivity index (χ3n) is 4.93. The third-order valence-corrected chi connectivity index (χ3v) is 8.15. The molecule has 33 heavy (non-hydrogen) atoms. The van der Waals surface area contributed by atoms with E-state index in [-0.39, 0.29) is 20.5 Å². The number of benzene rings is 3. The highest BCUT2D eigenvalue weighted by molar-refractivity contribution is 7.93. The molecule has 0 aliphatic rings. The Morgan fingerprint density at radius 2 is 1.45 bits per heavy atom. The Morgan fingerprint density at radius 1 is 0.879 bits per heavy atom. The highest BCUT2D eigenvalue weighted by Gasteiger charge is 2.29. The second kappa shape index (κ2) is 9.94. The number of hydrogen-bond acceptors (Lipinski definition) is 5. The van der Waals surface area contributed by atoms with Crippen LogP contribution in [0.15, 0.2) is 88.7 Å². The third kappa shape index (κ3) is 5.93. The lowest BCUT2D eigenvalue weighted by atomic mass is 10.1. The fourth-order valence-corrected chi connectivity index (χ4v) is 5.56. The van der Waals surface area contributed by atoms with Crippen molar-refractivity contribution in [2.45, 2.75) is 22.8 Å². The fourth-order valence-electron chi connectivity index (χ4n) is 3.18. The van der Waals surface area contributed by atoms with Gasteiger partial charge in [-0.2, -0.15) is 0 Å². The Kier molecular flexibility index (Phi) is 7.46. The Balaban J connectivity index is 1.86. The number of sulfone groups is 1. The van der Waals surface area contributed by atoms with E-state index >= 15 is 0 Å². The van der Waals surface area contributed by atoms with Gasteiger partial charge in [-0.1, -0.05) is 54.1 Å². The summed E-state index contributed by atoms with van der Waals surface area (Å²) in [6.07, 6.45) is 1.11. The van der Waals surface area contributed by atoms with E-state index in [4.69, 9.17) is 11.6 Å². The summed E-state index contributed by atoms with van der Waals surface area (Å²) in [5.41, 5.74) is 0.856. The Bertz CT molecular complexity index is 1340. The second-order valence-electron chi connectivity index (χ2n) is 7.41. The molecule has 1 amide bonds. The first-order chi connectivity index (χ1) is 15.5. The molecule has 0 spiro atoms. The molecule has 7 nitrogen and oxygen atoms in total. The van der Waals surface area contributed by atoms with Gasteiger partial charge in [0.15, 0.2) is 9.84 Å². The zero-order valence-electron chi connectivity index (χ0n) is 18.0. The number of amides is 1. The molecule has 0 unspecified atom stereocenters. The maximum absolute atomic E-state index is 13.3. The van der Waals surface area contributed by atoms with Crippen molar-refractivity contribution in [3.63, 3.8) is 0 Å². The van der Waals surface area contributed by atoms with Crippen LogP contribution in [0.2, 0.25) is 5.02 Å². The van der Waals surface area contributed by atoms with Gasteiger partial charge in [-0.3, -0.25) is 9.10 Å². The van der Waals surface area contributed by atoms with Crippen molar-refractivity contribution in [2.75, 3.05) is 17.1 Å². The van der Waals surface area contributed by atoms with Crippen LogP contribution in [0.25, 0.3) is 0 Å². The van der Waals surface area contributed by atoms with Crippen molar-refractivity contribution >= 4 is 43.1 Å². The zero-order chi connectivity index (χ0) is 24.2. The largest absolute Gasteiger partial charge is 0.348 e. The van der Waals surface area contributed by atoms with E-state index < -0.39 is 38.4 Å². The van der Waals surface area contributed by atoms with Crippen LogP contribution in [0.4, 0.5) is 5.69 Å². The average Bonchev–Trinajstić information content (AvgIpc) is 2.78. The average molecular weight is 507 g/mol. The van der Waals surface area contributed by atoms with E-state index in [0.717, 1.165) is 10.6 Å². The molecule has 0 saturated carbocycles. The molecular weight excluding hydrogens is 484 g/mol. The van der Waals surface area contributed by atoms with Gasteiger partial charge in [0.05, 0.1) is 26.5 Å². The SMILES string of the molecule is C[C@@H](NC(=O)CN(c1ccccc1Cl)S(=O)(=O)c1ccccc1)c1ccc(S(C)(=O)=O)cc1. The Hall–Kier alpha value is -2.88. The summed E-state index contributed by atoms with van der Waals surface area (Å²) in [4.78, 5) is 13.1. The van der Waals surface area contributed by atoms with E-state index in [1.54, 1.807) is 55.5 Å². The van der Waals surface area contributed by atoms with Gasteiger partial charge in [0.25, 0.3) is 10.0 Å². The quantitative estimate of drug-likeness (QED) is 0.500. The smallest absolute Gasteiger partial charge is 0.264 e. The van der Waals surface area contributed by atoms with Crippen LogP contribution >= 0.6 is 11.6 Å². The normalized spacial score (nSPS) is 12.7. The molecule has 0 radical (unpaired) electrons. The first-order valence-corrected chi connectivity index (χ1v) is 13.6. The molecule has 0 heterocycles. The van der Waals surface area contributed by atoms with Crippen LogP contribution in [-0.4, -0.2) is 35.5 Å². The zero-order valence-corrected chi connectivity index (χ0v) is 20.4. The van der Waals surface area contributed by atoms with Crippen LogP contribution in [0, 0.1) is 0 Å². The molecule has 0 fully saturated rings. The van der Waals surface area contributed by atoms with Crippen molar-refractivity contribution in [3.8, 4) is 0 Å². The maximum Gasteiger partial charge on any atom is 0.264 e. The number of carbonyl (C=O) groups excluding carboxylic acids is 1. The Labute approximate surface area is 199 Å². The molecule has 0 aliphatic carbocycles. The van der Waals surface area contributed by atoms with Gasteiger partial charge >= 0.3 is 0 Å². The van der Waals surface area contributed by atoms with Gasteiger partial charge in [0.2, 0.25) is 5.91 Å². The molecule has 174 valence electrons. The first kappa shape index (κ1) is 24.8. The maximum atomic E-state index is 13.3. The molecule has 3 aromatic rings. The molecule has 10 heteroatoms. The molecule has 1 N–H and O–H groups in total. The number of para-hydroxylation sites is 1. The molecule has 3 aromatic carbocycles. The lowest BCUT2D eigenvalue weighted by Crippen LogP contribution is -2.41. The van der Waals surface area contributed by atoms with Crippen molar-refractivity contribution < 1.29 is 21.6 Å². The predicted molar refractivity (Wildman–Crippen MR) is 129 cm³/mol. The number of nitrogens with zero attached hydrogens (tertiary/aromatic N) is 1. The summed E-state index contributed by atoms with van der Waals surface area (Å²) in [5.74, 6) is -0.547. The van der Waals surface area contributed by atoms with E-state index in [9.17, 15) is 21.6 Å². The van der Waals surface area contributed by atoms with E-state index in [0.29, 0.717) is 5.56 Å². The number of hydrogen-bond donors (Lipinski definition) is 1. The number of carbonyl (C=O) groups is 1. The highest BCUT2D eigenvalue weighted by Crippen LogP contribution is 2.30. The number of halogens is 1. The standard InChI is InChI=1S/C23H23ClN2O5S2/c1-17(18-12-14-19(15-13-18)32(2,28)29)25-23(27)16-26(22-11-7-6-10-21(22)24)33(30,31)20-8-4-3-5-9-20/h3-15,17H,16H2,1-2H3,(H,25,27)/t17-/m1/s1. The molecule has 0 aromatic heterocycles. The molecule has 1 atom stereocenters. The van der Waals surface area contributed by atoms with Crippen LogP contribution in [0.5, 0.6) is 0 Å². The highest BCUT2D eigenvalue weighted by atomic mass is 35.5. The van der Waals surface area contributed by atoms with Gasteiger partial charge in [0.1, 0.15) is 6.54 Å². The van der Waals surface area contributed by atoms with Crippen molar-refractivity contribution in [2.24, 2.45) is 0 Å². The van der Waals surface area contributed by atoms with Crippen LogP contribution < -0.4 is 9.62 Å². The first-order valence-electron chi connectivity index (χ1n) is 9.92. The lowest BCUT2D eigenvalue weighted by molar-refractivity contribution is -0.120. The van der Waals surface area contributed by atoms with E-state index in [1.807, 2.05) is 0 Å². The number of nitrogens with one attached hydrogen (secondary N) is 1. The summed E-state index contributed by atoms with van der Waals surface area (Å²) >= 11 is 6.26. The summed E-state index contributed by atoms with van der Waals surface area (Å²) in [5, 5.41) is 2.95. The van der Waals surface area contributed by atoms with Gasteiger partial charge < -0.3 is 5.32 Å². The van der Waals surface area contributed by atoms with Crippen molar-refractivity contribution in [1.29, 1.82) is 0 Å². The van der Waals surface area contributed by atoms with Crippen molar-refractivity contribution in [3.05, 3.63) is 89.4 Å². The Morgan fingerprint density at radius 3 is 2.03 bits per heavy atom. The van der Waals surface area contributed by atoms with Gasteiger partial charge in [0, 0.05) is 6.26 Å². The summed E-state index contributed by atoms with van der Waals surface area (Å²) in [6, 6.07) is 19.8. The summed E-state index contributed by atoms with van der Waals surface area (Å²) in [7, 11) is -7.41. The molecule has 0 aliphatic heterocycles. The summed E-state index contributed by atoms with van der Waals surface area (Å²) in [6.45, 7) is 1.23. The minimum atomic E-state index is -4.07. The minimum absolute atomic E-state index is 0.0298. The topological polar surface area (TPSA) is 101 Å². The molecular formula is C23H23ClN2O5S2. The molecule has 0 bridgehead atoms. The van der Waals surface area contributed by atoms with Crippen LogP contribution in [0.1, 0.15) is 18.5 Å². The second-order valence-corrected chi connectivity index (χ2v) is 11.7. The number of anilines is 1.